The molecular weight excluding hydrogens is 528 g/mol. The highest BCUT2D eigenvalue weighted by Crippen LogP contribution is 2.66. The maximum atomic E-state index is 14.0. The van der Waals surface area contributed by atoms with Gasteiger partial charge >= 0.3 is 0 Å². The van der Waals surface area contributed by atoms with Crippen molar-refractivity contribution < 1.29 is 28.8 Å². The highest BCUT2D eigenvalue weighted by Gasteiger charge is 2.75. The van der Waals surface area contributed by atoms with E-state index >= 15 is 0 Å². The van der Waals surface area contributed by atoms with Crippen LogP contribution in [0.3, 0.4) is 0 Å². The van der Waals surface area contributed by atoms with Crippen LogP contribution in [0, 0.1) is 0 Å². The molecule has 3 heterocycles. The van der Waals surface area contributed by atoms with Gasteiger partial charge in [0.15, 0.2) is 11.2 Å². The Kier molecular flexibility index (Phi) is 6.00. The Morgan fingerprint density at radius 1 is 0.976 bits per heavy atom. The van der Waals surface area contributed by atoms with Gasteiger partial charge in [0.1, 0.15) is 40.4 Å². The molecule has 2 aliphatic rings. The van der Waals surface area contributed by atoms with E-state index in [-0.39, 0.29) is 28.5 Å². The molecule has 1 amide bonds. The fourth-order valence-corrected chi connectivity index (χ4v) is 5.83. The largest absolute Gasteiger partial charge is 0.497 e. The van der Waals surface area contributed by atoms with E-state index in [1.165, 1.54) is 32.4 Å². The van der Waals surface area contributed by atoms with Crippen LogP contribution in [-0.4, -0.2) is 66.3 Å². The normalized spacial score (nSPS) is 21.8. The molecular formula is C30H28N4O7. The van der Waals surface area contributed by atoms with Crippen LogP contribution < -0.4 is 24.5 Å². The number of amides is 1. The Morgan fingerprint density at radius 2 is 1.68 bits per heavy atom. The van der Waals surface area contributed by atoms with E-state index in [1.54, 1.807) is 68.7 Å². The second kappa shape index (κ2) is 9.34. The smallest absolute Gasteiger partial charge is 0.255 e. The number of nitrogens with zero attached hydrogens (tertiary/aromatic N) is 3. The van der Waals surface area contributed by atoms with Gasteiger partial charge in [0.25, 0.3) is 5.56 Å². The fraction of sp³-hybridized carbons (Fsp3) is 0.267. The van der Waals surface area contributed by atoms with Crippen LogP contribution in [0.2, 0.25) is 0 Å². The summed E-state index contributed by atoms with van der Waals surface area (Å²) < 4.78 is 22.7. The van der Waals surface area contributed by atoms with Crippen molar-refractivity contribution in [3.63, 3.8) is 0 Å². The second-order valence-corrected chi connectivity index (χ2v) is 10.1. The minimum Gasteiger partial charge on any atom is -0.497 e. The molecule has 2 aromatic heterocycles. The number of fused-ring (bicyclic) bond motifs is 5. The maximum Gasteiger partial charge on any atom is 0.255 e. The summed E-state index contributed by atoms with van der Waals surface area (Å²) in [6.45, 7) is 0. The summed E-state index contributed by atoms with van der Waals surface area (Å²) in [5.74, 6) is 0.149. The number of H-pyrrole nitrogens is 1. The van der Waals surface area contributed by atoms with Gasteiger partial charge in [0.2, 0.25) is 5.91 Å². The van der Waals surface area contributed by atoms with E-state index < -0.39 is 28.6 Å². The molecule has 11 nitrogen and oxygen atoms in total. The first-order valence-corrected chi connectivity index (χ1v) is 12.8. The molecule has 2 aromatic carbocycles. The Balaban J connectivity index is 1.72. The van der Waals surface area contributed by atoms with Gasteiger partial charge in [-0.1, -0.05) is 24.3 Å². The molecule has 0 radical (unpaired) electrons. The number of likely N-dealkylation sites (N-methyl/N-ethyl adjacent to an activating group) is 1. The van der Waals surface area contributed by atoms with Gasteiger partial charge in [-0.15, -0.1) is 0 Å². The molecule has 2 N–H and O–H groups in total. The van der Waals surface area contributed by atoms with Gasteiger partial charge in [0, 0.05) is 31.3 Å². The molecule has 0 bridgehead atoms. The number of ether oxygens (including phenoxy) is 4. The van der Waals surface area contributed by atoms with Crippen molar-refractivity contribution in [2.75, 3.05) is 35.4 Å². The van der Waals surface area contributed by atoms with Gasteiger partial charge in [0.05, 0.1) is 38.8 Å². The van der Waals surface area contributed by atoms with Crippen LogP contribution >= 0.6 is 0 Å². The highest BCUT2D eigenvalue weighted by molar-refractivity contribution is 5.89. The number of pyridine rings is 1. The number of carbonyl (C=O) groups excluding carboxylic acids is 1. The Morgan fingerprint density at radius 3 is 2.34 bits per heavy atom. The fourth-order valence-electron chi connectivity index (χ4n) is 5.83. The van der Waals surface area contributed by atoms with Gasteiger partial charge in [-0.2, -0.15) is 0 Å². The van der Waals surface area contributed by atoms with Crippen LogP contribution in [0.15, 0.2) is 65.6 Å². The maximum absolute atomic E-state index is 14.0. The lowest BCUT2D eigenvalue weighted by Crippen LogP contribution is -2.53. The molecule has 6 rings (SSSR count). The third-order valence-corrected chi connectivity index (χ3v) is 7.76. The number of rotatable bonds is 6. The molecule has 0 saturated carbocycles. The Hall–Kier alpha value is -4.90. The average molecular weight is 557 g/mol. The minimum absolute atomic E-state index is 0.00284. The summed E-state index contributed by atoms with van der Waals surface area (Å²) in [6, 6.07) is 15.4. The number of methoxy groups -OCH3 is 3. The van der Waals surface area contributed by atoms with E-state index in [1.807, 2.05) is 0 Å². The molecule has 0 saturated heterocycles. The molecule has 0 unspecified atom stereocenters. The molecule has 11 heteroatoms. The number of carbonyl (C=O) groups is 1. The summed E-state index contributed by atoms with van der Waals surface area (Å²) in [5, 5.41) is 13.0. The summed E-state index contributed by atoms with van der Waals surface area (Å²) in [7, 11) is 7.72. The number of hydrogen-bond donors (Lipinski definition) is 2. The first-order chi connectivity index (χ1) is 19.7. The molecule has 0 fully saturated rings. The van der Waals surface area contributed by atoms with Gasteiger partial charge in [-0.05, 0) is 24.3 Å². The van der Waals surface area contributed by atoms with Crippen LogP contribution in [0.4, 0.5) is 0 Å². The summed E-state index contributed by atoms with van der Waals surface area (Å²) in [6.07, 6.45) is 1.45. The molecule has 210 valence electrons. The zero-order valence-electron chi connectivity index (χ0n) is 23.1. The van der Waals surface area contributed by atoms with Crippen molar-refractivity contribution in [2.45, 2.75) is 17.1 Å². The minimum atomic E-state index is -2.14. The molecule has 0 spiro atoms. The van der Waals surface area contributed by atoms with E-state index in [9.17, 15) is 14.7 Å². The summed E-state index contributed by atoms with van der Waals surface area (Å²) in [5.41, 5.74) is -3.50. The number of aliphatic hydroxyl groups is 1. The zero-order chi connectivity index (χ0) is 29.1. The number of aromatic nitrogens is 3. The predicted molar refractivity (Wildman–Crippen MR) is 147 cm³/mol. The predicted octanol–water partition coefficient (Wildman–Crippen LogP) is 2.57. The number of benzene rings is 2. The standard InChI is InChI=1S/C30H28N4O7/c1-34(2)28(36)23-22-25(32-26(33-27(22)35)16-7-6-8-19(13-16)39-4)29(37)24-21(14-20(40-5)15-31-24)41-30(23,29)17-9-11-18(38-3)12-10-17/h6-15,23,37H,1-5H3,(H,32,33,35)/t23-,29-,30-/m0/s1. The van der Waals surface area contributed by atoms with E-state index in [4.69, 9.17) is 23.9 Å². The third-order valence-electron chi connectivity index (χ3n) is 7.76. The summed E-state index contributed by atoms with van der Waals surface area (Å²) >= 11 is 0. The van der Waals surface area contributed by atoms with E-state index in [0.717, 1.165) is 0 Å². The second-order valence-electron chi connectivity index (χ2n) is 10.1. The van der Waals surface area contributed by atoms with E-state index in [0.29, 0.717) is 28.4 Å². The SMILES string of the molecule is COc1ccc([C@@]23Oc4cc(OC)cnc4[C@]2(O)c2nc(-c4cccc(OC)c4)[nH]c(=O)c2[C@H]3C(=O)N(C)C)cc1. The van der Waals surface area contributed by atoms with Crippen LogP contribution in [-0.2, 0) is 16.0 Å². The van der Waals surface area contributed by atoms with E-state index in [2.05, 4.69) is 9.97 Å². The van der Waals surface area contributed by atoms with Crippen LogP contribution in [0.25, 0.3) is 11.4 Å². The van der Waals surface area contributed by atoms with Crippen molar-refractivity contribution >= 4 is 5.91 Å². The topological polar surface area (TPSA) is 136 Å². The lowest BCUT2D eigenvalue weighted by atomic mass is 9.73. The van der Waals surface area contributed by atoms with Gasteiger partial charge in [-0.3, -0.25) is 9.59 Å². The van der Waals surface area contributed by atoms with Gasteiger partial charge < -0.3 is 33.9 Å². The lowest BCUT2D eigenvalue weighted by Gasteiger charge is -2.39. The molecule has 1 aliphatic carbocycles. The Bertz CT molecular complexity index is 1740. The van der Waals surface area contributed by atoms with Crippen molar-refractivity contribution in [3.8, 4) is 34.4 Å². The molecule has 41 heavy (non-hydrogen) atoms. The first kappa shape index (κ1) is 26.3. The number of hydrogen-bond acceptors (Lipinski definition) is 9. The average Bonchev–Trinajstić information content (AvgIpc) is 3.39. The van der Waals surface area contributed by atoms with Crippen LogP contribution in [0.1, 0.15) is 28.4 Å². The number of nitrogens with one attached hydrogen (secondary N) is 1. The quantitative estimate of drug-likeness (QED) is 0.367. The zero-order valence-corrected chi connectivity index (χ0v) is 23.1. The van der Waals surface area contributed by atoms with Crippen molar-refractivity contribution in [3.05, 3.63) is 93.7 Å². The molecule has 1 aliphatic heterocycles. The molecule has 3 atom stereocenters. The number of aromatic amines is 1. The Labute approximate surface area is 235 Å². The lowest BCUT2D eigenvalue weighted by molar-refractivity contribution is -0.146. The van der Waals surface area contributed by atoms with Crippen molar-refractivity contribution in [1.82, 2.24) is 19.9 Å². The first-order valence-electron chi connectivity index (χ1n) is 12.8. The van der Waals surface area contributed by atoms with Crippen molar-refractivity contribution in [2.24, 2.45) is 0 Å². The highest BCUT2D eigenvalue weighted by atomic mass is 16.5. The van der Waals surface area contributed by atoms with Crippen LogP contribution in [0.5, 0.6) is 23.0 Å². The third kappa shape index (κ3) is 3.55. The summed E-state index contributed by atoms with van der Waals surface area (Å²) in [4.78, 5) is 41.5. The van der Waals surface area contributed by atoms with Crippen molar-refractivity contribution in [1.29, 1.82) is 0 Å². The molecule has 4 aromatic rings. The monoisotopic (exact) mass is 556 g/mol. The van der Waals surface area contributed by atoms with Gasteiger partial charge in [-0.25, -0.2) is 9.97 Å².